The molecule has 0 bridgehead atoms. The van der Waals surface area contributed by atoms with Crippen LogP contribution < -0.4 is 5.32 Å². The minimum absolute atomic E-state index is 0.210. The molecule has 2 N–H and O–H groups in total. The third kappa shape index (κ3) is 1.93. The Labute approximate surface area is 105 Å². The standard InChI is InChI=1S/C14H16FN3/c1-9-13(10-4-2-5-11(15)8-10)14(18-17-9)12-6-3-7-16-12/h2,4-5,8,12,16H,3,6-7H2,1H3,(H,17,18). The van der Waals surface area contributed by atoms with Crippen LogP contribution in [0, 0.1) is 12.7 Å². The second-order valence-electron chi connectivity index (χ2n) is 4.77. The SMILES string of the molecule is Cc1[nH]nc(C2CCCN2)c1-c1cccc(F)c1. The van der Waals surface area contributed by atoms with Crippen molar-refractivity contribution < 1.29 is 4.39 Å². The Balaban J connectivity index is 2.07. The molecule has 18 heavy (non-hydrogen) atoms. The molecular formula is C14H16FN3. The molecular weight excluding hydrogens is 229 g/mol. The van der Waals surface area contributed by atoms with Crippen molar-refractivity contribution in [3.63, 3.8) is 0 Å². The monoisotopic (exact) mass is 245 g/mol. The number of aromatic nitrogens is 2. The second kappa shape index (κ2) is 4.53. The van der Waals surface area contributed by atoms with Gasteiger partial charge in [0, 0.05) is 11.3 Å². The third-order valence-electron chi connectivity index (χ3n) is 3.48. The number of aryl methyl sites for hydroxylation is 1. The van der Waals surface area contributed by atoms with Crippen molar-refractivity contribution in [3.05, 3.63) is 41.5 Å². The van der Waals surface area contributed by atoms with Gasteiger partial charge in [-0.1, -0.05) is 12.1 Å². The smallest absolute Gasteiger partial charge is 0.123 e. The summed E-state index contributed by atoms with van der Waals surface area (Å²) in [6, 6.07) is 6.98. The highest BCUT2D eigenvalue weighted by Crippen LogP contribution is 2.33. The number of hydrogen-bond acceptors (Lipinski definition) is 2. The number of nitrogens with zero attached hydrogens (tertiary/aromatic N) is 1. The molecule has 1 aromatic heterocycles. The van der Waals surface area contributed by atoms with Gasteiger partial charge in [-0.15, -0.1) is 0 Å². The van der Waals surface area contributed by atoms with E-state index >= 15 is 0 Å². The van der Waals surface area contributed by atoms with Crippen molar-refractivity contribution in [2.75, 3.05) is 6.54 Å². The highest BCUT2D eigenvalue weighted by atomic mass is 19.1. The molecule has 1 aliphatic rings. The van der Waals surface area contributed by atoms with E-state index in [1.165, 1.54) is 12.5 Å². The molecule has 1 unspecified atom stereocenters. The second-order valence-corrected chi connectivity index (χ2v) is 4.77. The van der Waals surface area contributed by atoms with Crippen LogP contribution >= 0.6 is 0 Å². The van der Waals surface area contributed by atoms with Gasteiger partial charge in [0.2, 0.25) is 0 Å². The number of halogens is 1. The molecule has 1 saturated heterocycles. The van der Waals surface area contributed by atoms with Gasteiger partial charge in [0.1, 0.15) is 5.82 Å². The fourth-order valence-corrected chi connectivity index (χ4v) is 2.63. The van der Waals surface area contributed by atoms with E-state index in [1.54, 1.807) is 12.1 Å². The Morgan fingerprint density at radius 1 is 1.39 bits per heavy atom. The Kier molecular flexibility index (Phi) is 2.88. The predicted molar refractivity (Wildman–Crippen MR) is 68.7 cm³/mol. The van der Waals surface area contributed by atoms with Crippen molar-refractivity contribution in [1.29, 1.82) is 0 Å². The van der Waals surface area contributed by atoms with Gasteiger partial charge in [0.05, 0.1) is 11.7 Å². The molecule has 0 saturated carbocycles. The average Bonchev–Trinajstić information content (AvgIpc) is 2.97. The Hall–Kier alpha value is -1.68. The Morgan fingerprint density at radius 3 is 3.00 bits per heavy atom. The van der Waals surface area contributed by atoms with Crippen molar-refractivity contribution in [2.45, 2.75) is 25.8 Å². The first-order valence-electron chi connectivity index (χ1n) is 6.30. The summed E-state index contributed by atoms with van der Waals surface area (Å²) in [5, 5.41) is 10.8. The van der Waals surface area contributed by atoms with E-state index in [0.717, 1.165) is 35.5 Å². The van der Waals surface area contributed by atoms with E-state index in [-0.39, 0.29) is 11.9 Å². The van der Waals surface area contributed by atoms with Crippen LogP contribution in [0.3, 0.4) is 0 Å². The van der Waals surface area contributed by atoms with E-state index in [1.807, 2.05) is 13.0 Å². The lowest BCUT2D eigenvalue weighted by Crippen LogP contribution is -2.14. The van der Waals surface area contributed by atoms with Gasteiger partial charge in [-0.25, -0.2) is 4.39 Å². The van der Waals surface area contributed by atoms with Crippen LogP contribution in [-0.2, 0) is 0 Å². The van der Waals surface area contributed by atoms with Gasteiger partial charge in [-0.05, 0) is 44.0 Å². The van der Waals surface area contributed by atoms with Crippen molar-refractivity contribution in [3.8, 4) is 11.1 Å². The molecule has 0 aliphatic carbocycles. The normalized spacial score (nSPS) is 19.3. The van der Waals surface area contributed by atoms with Crippen molar-refractivity contribution in [1.82, 2.24) is 15.5 Å². The molecule has 4 heteroatoms. The fraction of sp³-hybridized carbons (Fsp3) is 0.357. The van der Waals surface area contributed by atoms with E-state index in [4.69, 9.17) is 0 Å². The first-order chi connectivity index (χ1) is 8.75. The lowest BCUT2D eigenvalue weighted by atomic mass is 9.99. The highest BCUT2D eigenvalue weighted by Gasteiger charge is 2.23. The van der Waals surface area contributed by atoms with Gasteiger partial charge >= 0.3 is 0 Å². The molecule has 2 heterocycles. The lowest BCUT2D eigenvalue weighted by Gasteiger charge is -2.10. The highest BCUT2D eigenvalue weighted by molar-refractivity contribution is 5.69. The predicted octanol–water partition coefficient (Wildman–Crippen LogP) is 2.95. The molecule has 2 aromatic rings. The maximum Gasteiger partial charge on any atom is 0.123 e. The largest absolute Gasteiger partial charge is 0.309 e. The zero-order valence-corrected chi connectivity index (χ0v) is 10.3. The molecule has 1 aromatic carbocycles. The van der Waals surface area contributed by atoms with Gasteiger partial charge in [0.25, 0.3) is 0 Å². The maximum atomic E-state index is 13.4. The quantitative estimate of drug-likeness (QED) is 0.854. The number of H-pyrrole nitrogens is 1. The summed E-state index contributed by atoms with van der Waals surface area (Å²) in [6.07, 6.45) is 2.26. The van der Waals surface area contributed by atoms with E-state index in [2.05, 4.69) is 15.5 Å². The number of aromatic amines is 1. The maximum absolute atomic E-state index is 13.4. The van der Waals surface area contributed by atoms with Crippen molar-refractivity contribution in [2.24, 2.45) is 0 Å². The summed E-state index contributed by atoms with van der Waals surface area (Å²) in [5.74, 6) is -0.210. The fourth-order valence-electron chi connectivity index (χ4n) is 2.63. The van der Waals surface area contributed by atoms with Crippen LogP contribution in [0.4, 0.5) is 4.39 Å². The zero-order chi connectivity index (χ0) is 12.5. The first-order valence-corrected chi connectivity index (χ1v) is 6.30. The number of benzene rings is 1. The molecule has 0 spiro atoms. The first kappa shape index (κ1) is 11.4. The van der Waals surface area contributed by atoms with Gasteiger partial charge in [-0.3, -0.25) is 5.10 Å². The third-order valence-corrected chi connectivity index (χ3v) is 3.48. The van der Waals surface area contributed by atoms with Crippen LogP contribution in [0.2, 0.25) is 0 Å². The lowest BCUT2D eigenvalue weighted by molar-refractivity contribution is 0.624. The summed E-state index contributed by atoms with van der Waals surface area (Å²) in [5.41, 5.74) is 3.93. The average molecular weight is 245 g/mol. The van der Waals surface area contributed by atoms with Crippen molar-refractivity contribution >= 4 is 0 Å². The molecule has 0 radical (unpaired) electrons. The molecule has 1 aliphatic heterocycles. The van der Waals surface area contributed by atoms with Crippen LogP contribution in [0.15, 0.2) is 24.3 Å². The number of nitrogens with one attached hydrogen (secondary N) is 2. The zero-order valence-electron chi connectivity index (χ0n) is 10.3. The van der Waals surface area contributed by atoms with Crippen LogP contribution in [0.1, 0.15) is 30.3 Å². The summed E-state index contributed by atoms with van der Waals surface area (Å²) in [4.78, 5) is 0. The van der Waals surface area contributed by atoms with Gasteiger partial charge in [0.15, 0.2) is 0 Å². The van der Waals surface area contributed by atoms with Crippen LogP contribution in [0.25, 0.3) is 11.1 Å². The molecule has 1 atom stereocenters. The van der Waals surface area contributed by atoms with Gasteiger partial charge < -0.3 is 5.32 Å². The summed E-state index contributed by atoms with van der Waals surface area (Å²) in [7, 11) is 0. The summed E-state index contributed by atoms with van der Waals surface area (Å²) >= 11 is 0. The minimum Gasteiger partial charge on any atom is -0.309 e. The van der Waals surface area contributed by atoms with E-state index < -0.39 is 0 Å². The molecule has 1 fully saturated rings. The Bertz CT molecular complexity index is 556. The molecule has 0 amide bonds. The molecule has 3 nitrogen and oxygen atoms in total. The van der Waals surface area contributed by atoms with E-state index in [9.17, 15) is 4.39 Å². The summed E-state index contributed by atoms with van der Waals surface area (Å²) < 4.78 is 13.4. The molecule has 3 rings (SSSR count). The topological polar surface area (TPSA) is 40.7 Å². The molecule has 94 valence electrons. The van der Waals surface area contributed by atoms with Crippen LogP contribution in [0.5, 0.6) is 0 Å². The Morgan fingerprint density at radius 2 is 2.28 bits per heavy atom. The minimum atomic E-state index is -0.210. The van der Waals surface area contributed by atoms with Crippen LogP contribution in [-0.4, -0.2) is 16.7 Å². The van der Waals surface area contributed by atoms with Gasteiger partial charge in [-0.2, -0.15) is 5.10 Å². The number of hydrogen-bond donors (Lipinski definition) is 2. The van der Waals surface area contributed by atoms with E-state index in [0.29, 0.717) is 0 Å². The summed E-state index contributed by atoms with van der Waals surface area (Å²) in [6.45, 7) is 3.00. The number of rotatable bonds is 2.